The average molecular weight is 624 g/mol. The number of rotatable bonds is 6. The molecule has 1 saturated carbocycles. The van der Waals surface area contributed by atoms with Gasteiger partial charge in [-0.3, -0.25) is 4.79 Å². The predicted octanol–water partition coefficient (Wildman–Crippen LogP) is 7.46. The number of aromatic nitrogens is 2. The van der Waals surface area contributed by atoms with Gasteiger partial charge in [-0.25, -0.2) is 4.98 Å². The molecule has 2 saturated heterocycles. The predicted molar refractivity (Wildman–Crippen MR) is 158 cm³/mol. The van der Waals surface area contributed by atoms with Gasteiger partial charge < -0.3 is 19.1 Å². The van der Waals surface area contributed by atoms with Gasteiger partial charge in [0, 0.05) is 41.4 Å². The Hall–Kier alpha value is -2.49. The molecule has 1 aliphatic carbocycles. The number of esters is 1. The fourth-order valence-electron chi connectivity index (χ4n) is 7.28. The highest BCUT2D eigenvalue weighted by molar-refractivity contribution is 6.35. The number of likely N-dealkylation sites (tertiary alicyclic amines) is 1. The summed E-state index contributed by atoms with van der Waals surface area (Å²) >= 11 is 12.5. The van der Waals surface area contributed by atoms with E-state index in [9.17, 15) is 18.0 Å². The zero-order chi connectivity index (χ0) is 30.0. The Balaban J connectivity index is 1.18. The van der Waals surface area contributed by atoms with Crippen molar-refractivity contribution in [3.8, 4) is 0 Å². The van der Waals surface area contributed by atoms with E-state index in [2.05, 4.69) is 14.8 Å². The van der Waals surface area contributed by atoms with E-state index in [1.54, 1.807) is 31.2 Å². The lowest BCUT2D eigenvalue weighted by atomic mass is 9.65. The lowest BCUT2D eigenvalue weighted by molar-refractivity contribution is -0.162. The number of benzene rings is 2. The Kier molecular flexibility index (Phi) is 7.67. The van der Waals surface area contributed by atoms with Crippen LogP contribution < -0.4 is 4.90 Å². The first-order valence-corrected chi connectivity index (χ1v) is 15.2. The van der Waals surface area contributed by atoms with Gasteiger partial charge in [0.15, 0.2) is 0 Å². The Morgan fingerprint density at radius 3 is 2.50 bits per heavy atom. The molecule has 0 amide bonds. The first-order valence-electron chi connectivity index (χ1n) is 14.5. The number of methoxy groups -OCH3 is 1. The van der Waals surface area contributed by atoms with Gasteiger partial charge in [0.2, 0.25) is 5.82 Å². The van der Waals surface area contributed by atoms with Crippen LogP contribution in [0.1, 0.15) is 57.0 Å². The van der Waals surface area contributed by atoms with Crippen LogP contribution in [0.25, 0.3) is 11.0 Å². The van der Waals surface area contributed by atoms with Crippen molar-refractivity contribution < 1.29 is 22.7 Å². The highest BCUT2D eigenvalue weighted by atomic mass is 35.5. The molecule has 42 heavy (non-hydrogen) atoms. The van der Waals surface area contributed by atoms with E-state index < -0.39 is 18.0 Å². The molecule has 0 spiro atoms. The zero-order valence-corrected chi connectivity index (χ0v) is 25.4. The van der Waals surface area contributed by atoms with E-state index in [1.165, 1.54) is 18.1 Å². The molecule has 3 fully saturated rings. The molecule has 1 aromatic heterocycles. The van der Waals surface area contributed by atoms with E-state index in [0.29, 0.717) is 44.5 Å². The summed E-state index contributed by atoms with van der Waals surface area (Å²) in [6.45, 7) is 7.52. The fraction of sp³-hybridized carbons (Fsp3) is 0.548. The Labute approximate surface area is 253 Å². The number of nitrogens with zero attached hydrogens (tertiary/aromatic N) is 4. The van der Waals surface area contributed by atoms with Gasteiger partial charge in [-0.15, -0.1) is 0 Å². The molecule has 2 atom stereocenters. The third-order valence-electron chi connectivity index (χ3n) is 9.72. The molecule has 6 rings (SSSR count). The van der Waals surface area contributed by atoms with E-state index >= 15 is 0 Å². The molecule has 1 unspecified atom stereocenters. The third-order valence-corrected chi connectivity index (χ3v) is 10.3. The van der Waals surface area contributed by atoms with Crippen molar-refractivity contribution in [3.05, 3.63) is 57.8 Å². The number of anilines is 1. The van der Waals surface area contributed by atoms with Crippen molar-refractivity contribution in [2.45, 2.75) is 57.8 Å². The molecule has 0 bridgehead atoms. The molecular weight excluding hydrogens is 588 g/mol. The van der Waals surface area contributed by atoms with Gasteiger partial charge in [-0.2, -0.15) is 13.2 Å². The molecule has 6 nitrogen and oxygen atoms in total. The highest BCUT2D eigenvalue weighted by Crippen LogP contribution is 2.46. The normalized spacial score (nSPS) is 26.1. The molecule has 2 aliphatic heterocycles. The van der Waals surface area contributed by atoms with Crippen LogP contribution in [-0.4, -0.2) is 59.8 Å². The van der Waals surface area contributed by atoms with Crippen molar-refractivity contribution >= 4 is 45.9 Å². The van der Waals surface area contributed by atoms with Gasteiger partial charge >= 0.3 is 12.1 Å². The molecule has 3 aromatic rings. The molecule has 3 heterocycles. The van der Waals surface area contributed by atoms with Gasteiger partial charge in [-0.05, 0) is 93.8 Å². The van der Waals surface area contributed by atoms with Crippen LogP contribution in [0, 0.1) is 17.3 Å². The van der Waals surface area contributed by atoms with Crippen molar-refractivity contribution in [2.75, 3.05) is 38.2 Å². The summed E-state index contributed by atoms with van der Waals surface area (Å²) in [7, 11) is 1.46. The number of hydrogen-bond donors (Lipinski definition) is 0. The maximum atomic E-state index is 14.2. The van der Waals surface area contributed by atoms with Gasteiger partial charge in [0.1, 0.15) is 0 Å². The quantitative estimate of drug-likeness (QED) is 0.267. The average Bonchev–Trinajstić information content (AvgIpc) is 3.29. The SMILES string of the molecule is COC(=O)C1(C)CC(N2CCCC(C3CN(c4ccc5nc(C(F)(F)F)n([C@H](C)c6ccc(Cl)cc6Cl)c5c4)C3)C2)C1. The summed E-state index contributed by atoms with van der Waals surface area (Å²) in [6.07, 6.45) is -0.623. The summed E-state index contributed by atoms with van der Waals surface area (Å²) in [5.41, 5.74) is 1.78. The first kappa shape index (κ1) is 29.6. The van der Waals surface area contributed by atoms with E-state index in [4.69, 9.17) is 27.9 Å². The number of fused-ring (bicyclic) bond motifs is 1. The van der Waals surface area contributed by atoms with E-state index in [0.717, 1.165) is 51.1 Å². The molecule has 0 N–H and O–H groups in total. The molecule has 2 aromatic carbocycles. The summed E-state index contributed by atoms with van der Waals surface area (Å²) in [5, 5.41) is 0.732. The number of ether oxygens (including phenoxy) is 1. The van der Waals surface area contributed by atoms with Crippen molar-refractivity contribution in [1.29, 1.82) is 0 Å². The second kappa shape index (κ2) is 10.9. The number of halogens is 5. The van der Waals surface area contributed by atoms with Gasteiger partial charge in [0.05, 0.1) is 29.6 Å². The lowest BCUT2D eigenvalue weighted by Gasteiger charge is -2.53. The largest absolute Gasteiger partial charge is 0.469 e. The van der Waals surface area contributed by atoms with Crippen LogP contribution in [0.2, 0.25) is 10.0 Å². The number of imidazole rings is 1. The molecule has 0 radical (unpaired) electrons. The van der Waals surface area contributed by atoms with Crippen molar-refractivity contribution in [2.24, 2.45) is 17.3 Å². The summed E-state index contributed by atoms with van der Waals surface area (Å²) < 4.78 is 48.7. The number of piperidine rings is 1. The zero-order valence-electron chi connectivity index (χ0n) is 23.9. The maximum absolute atomic E-state index is 14.2. The monoisotopic (exact) mass is 622 g/mol. The van der Waals surface area contributed by atoms with Crippen LogP contribution in [0.5, 0.6) is 0 Å². The molecule has 3 aliphatic rings. The van der Waals surface area contributed by atoms with Crippen molar-refractivity contribution in [3.63, 3.8) is 0 Å². The smallest absolute Gasteiger partial charge is 0.449 e. The van der Waals surface area contributed by atoms with Crippen LogP contribution in [-0.2, 0) is 15.7 Å². The lowest BCUT2D eigenvalue weighted by Crippen LogP contribution is -2.58. The Morgan fingerprint density at radius 2 is 1.83 bits per heavy atom. The third kappa shape index (κ3) is 5.26. The minimum absolute atomic E-state index is 0.117. The van der Waals surface area contributed by atoms with E-state index in [1.807, 2.05) is 19.1 Å². The summed E-state index contributed by atoms with van der Waals surface area (Å²) in [4.78, 5) is 20.9. The number of alkyl halides is 3. The standard InChI is InChI=1S/C31H35Cl2F3N4O2/c1-18(24-8-6-21(32)11-25(24)33)40-27-12-22(7-9-26(27)37-28(40)31(34,35)36)39-16-20(17-39)19-5-4-10-38(15-19)23-13-30(2,14-23)29(41)42-3/h6-9,11-12,18-20,23H,4-5,10,13-17H2,1-3H3/t18-,19?,23?,30?/m1/s1. The second-order valence-electron chi connectivity index (χ2n) is 12.5. The molecular formula is C31H35Cl2F3N4O2. The van der Waals surface area contributed by atoms with Gasteiger partial charge in [-0.1, -0.05) is 29.3 Å². The maximum Gasteiger partial charge on any atom is 0.449 e. The highest BCUT2D eigenvalue weighted by Gasteiger charge is 2.50. The topological polar surface area (TPSA) is 50.6 Å². The second-order valence-corrected chi connectivity index (χ2v) is 13.3. The van der Waals surface area contributed by atoms with Crippen LogP contribution in [0.4, 0.5) is 18.9 Å². The molecule has 226 valence electrons. The number of hydrogen-bond acceptors (Lipinski definition) is 5. The van der Waals surface area contributed by atoms with Gasteiger partial charge in [0.25, 0.3) is 0 Å². The molecule has 11 heteroatoms. The van der Waals surface area contributed by atoms with Crippen LogP contribution in [0.3, 0.4) is 0 Å². The van der Waals surface area contributed by atoms with Crippen molar-refractivity contribution in [1.82, 2.24) is 14.5 Å². The minimum atomic E-state index is -4.63. The van der Waals surface area contributed by atoms with Crippen LogP contribution >= 0.6 is 23.2 Å². The summed E-state index contributed by atoms with van der Waals surface area (Å²) in [6, 6.07) is 9.92. The Morgan fingerprint density at radius 1 is 1.10 bits per heavy atom. The Bertz CT molecular complexity index is 1500. The number of carbonyl (C=O) groups is 1. The summed E-state index contributed by atoms with van der Waals surface area (Å²) in [5.74, 6) is 0.0284. The fourth-order valence-corrected chi connectivity index (χ4v) is 7.85. The number of carbonyl (C=O) groups excluding carboxylic acids is 1. The minimum Gasteiger partial charge on any atom is -0.469 e. The first-order chi connectivity index (χ1) is 19.9. The van der Waals surface area contributed by atoms with Crippen LogP contribution in [0.15, 0.2) is 36.4 Å². The van der Waals surface area contributed by atoms with E-state index in [-0.39, 0.29) is 11.4 Å².